The quantitative estimate of drug-likeness (QED) is 0.0261. The number of carboxylic acid groups (broad SMARTS) is 2. The van der Waals surface area contributed by atoms with E-state index in [1.807, 2.05) is 57.3 Å². The van der Waals surface area contributed by atoms with Gasteiger partial charge in [0.25, 0.3) is 0 Å². The van der Waals surface area contributed by atoms with Crippen LogP contribution in [0.15, 0.2) is 122 Å². The molecule has 2 aliphatic rings. The maximum absolute atomic E-state index is 12.7. The second-order valence-electron chi connectivity index (χ2n) is 26.4. The van der Waals surface area contributed by atoms with Crippen molar-refractivity contribution in [3.05, 3.63) is 189 Å². The lowest BCUT2D eigenvalue weighted by atomic mass is 10.0. The Labute approximate surface area is 594 Å². The molecule has 2 fully saturated rings. The van der Waals surface area contributed by atoms with Gasteiger partial charge in [-0.15, -0.1) is 0 Å². The summed E-state index contributed by atoms with van der Waals surface area (Å²) in [4.78, 5) is 28.6. The molecule has 0 saturated heterocycles. The molecule has 2 aliphatic carbocycles. The van der Waals surface area contributed by atoms with Gasteiger partial charge < -0.3 is 68.2 Å². The summed E-state index contributed by atoms with van der Waals surface area (Å²) in [6.45, 7) is 6.45. The van der Waals surface area contributed by atoms with Crippen LogP contribution >= 0.6 is 0 Å². The van der Waals surface area contributed by atoms with E-state index in [-0.39, 0.29) is 78.7 Å². The van der Waals surface area contributed by atoms with Crippen molar-refractivity contribution in [1.82, 2.24) is 34.3 Å². The molecule has 8 atom stereocenters. The maximum Gasteiger partial charge on any atom is 0.338 e. The lowest BCUT2D eigenvalue weighted by Gasteiger charge is -2.28. The van der Waals surface area contributed by atoms with Gasteiger partial charge in [-0.1, -0.05) is 49.2 Å². The van der Waals surface area contributed by atoms with Crippen LogP contribution < -0.4 is 28.4 Å². The molecule has 4 heterocycles. The zero-order valence-electron chi connectivity index (χ0n) is 58.4. The van der Waals surface area contributed by atoms with Crippen LogP contribution in [0.4, 0.5) is 0 Å². The Morgan fingerprint density at radius 3 is 1.70 bits per heavy atom. The van der Waals surface area contributed by atoms with Crippen LogP contribution in [-0.2, 0) is 46.9 Å². The van der Waals surface area contributed by atoms with E-state index in [0.717, 1.165) is 59.7 Å². The average molecular weight is 1400 g/mol. The van der Waals surface area contributed by atoms with E-state index in [0.29, 0.717) is 105 Å². The molecule has 25 heteroatoms. The number of carboxylic acids is 2. The van der Waals surface area contributed by atoms with Crippen molar-refractivity contribution in [2.24, 2.45) is 5.92 Å². The summed E-state index contributed by atoms with van der Waals surface area (Å²) >= 11 is 0. The Balaban J connectivity index is 0.738. The number of fused-ring (bicyclic) bond motifs is 3. The van der Waals surface area contributed by atoms with E-state index < -0.39 is 48.6 Å². The third-order valence-corrected chi connectivity index (χ3v) is 19.6. The summed E-state index contributed by atoms with van der Waals surface area (Å²) in [5, 5.41) is 91.9. The van der Waals surface area contributed by atoms with Gasteiger partial charge in [-0.25, -0.2) is 9.59 Å². The lowest BCUT2D eigenvalue weighted by molar-refractivity contribution is -0.0859. The van der Waals surface area contributed by atoms with Crippen molar-refractivity contribution < 1.29 is 77.8 Å². The molecule has 25 nitrogen and oxygen atoms in total. The van der Waals surface area contributed by atoms with Crippen LogP contribution in [0.3, 0.4) is 0 Å². The number of nitriles is 2. The third-order valence-electron chi connectivity index (χ3n) is 19.6. The van der Waals surface area contributed by atoms with Crippen molar-refractivity contribution in [2.75, 3.05) is 41.7 Å². The highest BCUT2D eigenvalue weighted by Crippen LogP contribution is 2.41. The van der Waals surface area contributed by atoms with Crippen molar-refractivity contribution in [3.63, 3.8) is 0 Å². The van der Waals surface area contributed by atoms with Crippen molar-refractivity contribution >= 4 is 44.8 Å². The summed E-state index contributed by atoms with van der Waals surface area (Å²) in [5.74, 6) is 0.697. The minimum atomic E-state index is -1.24. The number of ether oxygens (including phenoxy) is 9. The molecule has 6 aromatic carbocycles. The van der Waals surface area contributed by atoms with Crippen molar-refractivity contribution in [2.45, 2.75) is 147 Å². The first kappa shape index (κ1) is 72.2. The second-order valence-corrected chi connectivity index (χ2v) is 26.4. The first-order valence-corrected chi connectivity index (χ1v) is 34.3. The fourth-order valence-electron chi connectivity index (χ4n) is 14.0. The fourth-order valence-corrected chi connectivity index (χ4v) is 14.0. The zero-order valence-corrected chi connectivity index (χ0v) is 58.4. The zero-order chi connectivity index (χ0) is 72.6. The summed E-state index contributed by atoms with van der Waals surface area (Å²) in [6, 6.07) is 32.5. The number of aromatic nitrogens is 7. The van der Waals surface area contributed by atoms with Crippen LogP contribution in [0.25, 0.3) is 32.8 Å². The predicted molar refractivity (Wildman–Crippen MR) is 378 cm³/mol. The number of aliphatic hydroxyl groups excluding tert-OH is 3. The van der Waals surface area contributed by atoms with Gasteiger partial charge in [-0.3, -0.25) is 19.0 Å². The van der Waals surface area contributed by atoms with Crippen LogP contribution in [0.1, 0.15) is 140 Å². The molecule has 536 valence electrons. The molecule has 5 N–H and O–H groups in total. The number of benzene rings is 6. The first-order valence-electron chi connectivity index (χ1n) is 34.3. The number of nitrogens with zero attached hydrogens (tertiary/aromatic N) is 9. The molecular formula is C78H83N9O16. The van der Waals surface area contributed by atoms with E-state index in [9.17, 15) is 45.6 Å². The Morgan fingerprint density at radius 2 is 1.08 bits per heavy atom. The molecule has 0 spiro atoms. The smallest absolute Gasteiger partial charge is 0.338 e. The number of aromatic carboxylic acids is 2. The van der Waals surface area contributed by atoms with Gasteiger partial charge in [0.05, 0.1) is 108 Å². The van der Waals surface area contributed by atoms with Crippen LogP contribution in [0.2, 0.25) is 0 Å². The monoisotopic (exact) mass is 1400 g/mol. The highest BCUT2D eigenvalue weighted by Gasteiger charge is 2.35. The van der Waals surface area contributed by atoms with E-state index in [1.165, 1.54) is 33.8 Å². The molecular weight excluding hydrogens is 1320 g/mol. The Morgan fingerprint density at radius 1 is 0.553 bits per heavy atom. The number of hydrogen-bond acceptors (Lipinski definition) is 20. The SMILES string of the molecule is COc1cc(C(O)C(Cn2cc3nccc(C(=O)O)c3n2)OCCc2cccc(COc3cc(C(O)C(Cn4cc5cccc(C#N)c5n4)OC4CCC(COc5cc(C(O)C(Cn6cc7c(C#N)ccc(C(=O)O)c7n6)OC6CCCC6)cc(OC)c5C)C4)cc(OC)c3C)c2)cc(OC)c1C. The summed E-state index contributed by atoms with van der Waals surface area (Å²) in [5.41, 5.74) is 7.32. The Kier molecular flexibility index (Phi) is 22.5. The van der Waals surface area contributed by atoms with Gasteiger partial charge >= 0.3 is 11.9 Å². The van der Waals surface area contributed by atoms with Crippen molar-refractivity contribution in [1.29, 1.82) is 10.5 Å². The molecule has 10 aromatic rings. The molecule has 4 aromatic heterocycles. The molecule has 0 bridgehead atoms. The van der Waals surface area contributed by atoms with Crippen LogP contribution in [0, 0.1) is 49.4 Å². The van der Waals surface area contributed by atoms with E-state index >= 15 is 0 Å². The summed E-state index contributed by atoms with van der Waals surface area (Å²) in [7, 11) is 6.19. The van der Waals surface area contributed by atoms with Gasteiger partial charge in [-0.05, 0) is 154 Å². The maximum atomic E-state index is 12.7. The van der Waals surface area contributed by atoms with E-state index in [2.05, 4.69) is 27.3 Å². The Hall–Kier alpha value is -10.6. The topological polar surface area (TPSA) is 332 Å². The highest BCUT2D eigenvalue weighted by molar-refractivity contribution is 6.03. The van der Waals surface area contributed by atoms with Gasteiger partial charge in [0.2, 0.25) is 0 Å². The summed E-state index contributed by atoms with van der Waals surface area (Å²) < 4.78 is 61.3. The first-order chi connectivity index (χ1) is 49.8. The molecule has 0 aliphatic heterocycles. The largest absolute Gasteiger partial charge is 0.496 e. The fraction of sp³-hybridized carbons (Fsp3) is 0.385. The summed E-state index contributed by atoms with van der Waals surface area (Å²) in [6.07, 6.45) is 5.85. The average Bonchev–Trinajstić information content (AvgIpc) is 1.74. The molecule has 103 heavy (non-hydrogen) atoms. The normalized spacial score (nSPS) is 16.4. The van der Waals surface area contributed by atoms with Gasteiger partial charge in [0, 0.05) is 46.1 Å². The molecule has 2 saturated carbocycles. The van der Waals surface area contributed by atoms with E-state index in [1.54, 1.807) is 94.0 Å². The number of rotatable bonds is 32. The molecule has 8 unspecified atom stereocenters. The minimum Gasteiger partial charge on any atom is -0.496 e. The van der Waals surface area contributed by atoms with Crippen molar-refractivity contribution in [3.8, 4) is 46.6 Å². The van der Waals surface area contributed by atoms with Crippen LogP contribution in [-0.4, -0.2) is 144 Å². The number of pyridine rings is 1. The minimum absolute atomic E-state index is 0.00236. The second kappa shape index (κ2) is 32.1. The predicted octanol–water partition coefficient (Wildman–Crippen LogP) is 11.6. The third kappa shape index (κ3) is 16.2. The molecule has 0 amide bonds. The number of hydrogen-bond donors (Lipinski definition) is 5. The molecule has 0 radical (unpaired) electrons. The standard InChI is InChI=1S/C78H83N9O16/c1-44-62(95-4)28-53(29-63(44)96-5)74(88)68(39-87-38-61-73(84-87)59(78(93)94)22-24-81-61)99-25-23-47-12-10-13-48(26-47)42-100-66-33-55(31-65(98-7)45(66)2)76(90)70(40-85-36-52-15-11-14-51(35-80)71(52)82-85)103-57-20-18-49(27-57)43-101-67-32-54(30-64(97-6)46(67)3)75(89)69(102-56-16-8-9-17-56)41-86-37-60-50(34-79)19-21-58(77(91)92)72(60)83-86/h10-15,19,21-22,24,26,28-33,36-38,49,56-57,68-70,74-76,88-90H,8-9,16-18,20,23,25,27,39-43H2,1-7H3,(H,91,92)(H,93,94). The number of carbonyl (C=O) groups is 2. The van der Waals surface area contributed by atoms with Gasteiger partial charge in [0.1, 0.15) is 106 Å². The Bertz CT molecular complexity index is 4790. The lowest BCUT2D eigenvalue weighted by Crippen LogP contribution is -2.31. The van der Waals surface area contributed by atoms with Gasteiger partial charge in [0.15, 0.2) is 0 Å². The molecule has 12 rings (SSSR count). The highest BCUT2D eigenvalue weighted by atomic mass is 16.5. The van der Waals surface area contributed by atoms with Crippen LogP contribution in [0.5, 0.6) is 34.5 Å². The number of aliphatic hydroxyl groups is 3. The van der Waals surface area contributed by atoms with Gasteiger partial charge in [-0.2, -0.15) is 25.8 Å². The number of methoxy groups -OCH3 is 4. The van der Waals surface area contributed by atoms with E-state index in [4.69, 9.17) is 47.7 Å².